The number of carbonyl (C=O) groups is 1. The van der Waals surface area contributed by atoms with Crippen molar-refractivity contribution in [1.82, 2.24) is 15.1 Å². The molecule has 2 aromatic rings. The number of hydrogen-bond donors (Lipinski definition) is 1. The van der Waals surface area contributed by atoms with E-state index in [1.165, 1.54) is 5.56 Å². The van der Waals surface area contributed by atoms with Crippen molar-refractivity contribution in [2.45, 2.75) is 39.0 Å². The Morgan fingerprint density at radius 3 is 2.33 bits per heavy atom. The van der Waals surface area contributed by atoms with Gasteiger partial charge in [0.25, 0.3) is 5.91 Å². The highest BCUT2D eigenvalue weighted by Gasteiger charge is 2.33. The highest BCUT2D eigenvalue weighted by Crippen LogP contribution is 2.30. The summed E-state index contributed by atoms with van der Waals surface area (Å²) in [7, 11) is 6.85. The van der Waals surface area contributed by atoms with Crippen molar-refractivity contribution in [3.63, 3.8) is 0 Å². The Bertz CT molecular complexity index is 1000. The molecule has 1 N–H and O–H groups in total. The summed E-state index contributed by atoms with van der Waals surface area (Å²) in [4.78, 5) is 17.6. The molecule has 0 aliphatic carbocycles. The molecule has 39 heavy (non-hydrogen) atoms. The molecule has 1 aliphatic heterocycles. The van der Waals surface area contributed by atoms with Crippen LogP contribution in [-0.4, -0.2) is 89.5 Å². The van der Waals surface area contributed by atoms with Gasteiger partial charge in [-0.1, -0.05) is 36.4 Å². The first-order valence-corrected chi connectivity index (χ1v) is 13.9. The third-order valence-electron chi connectivity index (χ3n) is 7.49. The molecule has 0 radical (unpaired) electrons. The smallest absolute Gasteiger partial charge is 0.256 e. The number of ether oxygens (including phenoxy) is 4. The lowest BCUT2D eigenvalue weighted by atomic mass is 9.94. The van der Waals surface area contributed by atoms with E-state index in [0.29, 0.717) is 37.6 Å². The SMILES string of the molecule is COCCCOc1cc(CN(C[C@@H]2CNC[C@H]2CN(C)C(=O)[C@@H](OC)c2ccccc2)C(C)C)ccc1OC. The second-order valence-corrected chi connectivity index (χ2v) is 10.6. The van der Waals surface area contributed by atoms with Gasteiger partial charge < -0.3 is 29.2 Å². The van der Waals surface area contributed by atoms with Crippen LogP contribution >= 0.6 is 0 Å². The van der Waals surface area contributed by atoms with Crippen molar-refractivity contribution in [2.75, 3.05) is 67.8 Å². The molecule has 1 heterocycles. The van der Waals surface area contributed by atoms with Crippen molar-refractivity contribution < 1.29 is 23.7 Å². The molecule has 8 heteroatoms. The van der Waals surface area contributed by atoms with Crippen molar-refractivity contribution in [2.24, 2.45) is 11.8 Å². The number of hydrogen-bond acceptors (Lipinski definition) is 7. The molecule has 0 bridgehead atoms. The summed E-state index contributed by atoms with van der Waals surface area (Å²) >= 11 is 0. The van der Waals surface area contributed by atoms with Crippen LogP contribution in [0, 0.1) is 11.8 Å². The molecule has 8 nitrogen and oxygen atoms in total. The number of carbonyl (C=O) groups excluding carboxylic acids is 1. The molecule has 3 rings (SSSR count). The van der Waals surface area contributed by atoms with E-state index in [9.17, 15) is 4.79 Å². The van der Waals surface area contributed by atoms with E-state index in [-0.39, 0.29) is 5.91 Å². The maximum Gasteiger partial charge on any atom is 0.256 e. The lowest BCUT2D eigenvalue weighted by molar-refractivity contribution is -0.141. The van der Waals surface area contributed by atoms with Gasteiger partial charge >= 0.3 is 0 Å². The molecule has 1 aliphatic rings. The maximum absolute atomic E-state index is 13.3. The molecule has 1 amide bonds. The second-order valence-electron chi connectivity index (χ2n) is 10.6. The Hall–Kier alpha value is -2.65. The maximum atomic E-state index is 13.3. The molecule has 1 saturated heterocycles. The van der Waals surface area contributed by atoms with Gasteiger partial charge in [0.15, 0.2) is 17.6 Å². The van der Waals surface area contributed by atoms with E-state index < -0.39 is 6.10 Å². The second kappa shape index (κ2) is 15.8. The monoisotopic (exact) mass is 541 g/mol. The van der Waals surface area contributed by atoms with Crippen LogP contribution in [0.15, 0.2) is 48.5 Å². The Labute approximate surface area is 234 Å². The van der Waals surface area contributed by atoms with Gasteiger partial charge in [0.1, 0.15) is 0 Å². The van der Waals surface area contributed by atoms with Crippen molar-refractivity contribution >= 4 is 5.91 Å². The molecular weight excluding hydrogens is 494 g/mol. The number of likely N-dealkylation sites (N-methyl/N-ethyl adjacent to an activating group) is 1. The minimum absolute atomic E-state index is 0.00803. The molecule has 0 aromatic heterocycles. The van der Waals surface area contributed by atoms with Gasteiger partial charge in [0.05, 0.1) is 13.7 Å². The molecule has 1 fully saturated rings. The molecule has 0 spiro atoms. The quantitative estimate of drug-likeness (QED) is 0.322. The van der Waals surface area contributed by atoms with Crippen LogP contribution < -0.4 is 14.8 Å². The first-order chi connectivity index (χ1) is 18.9. The van der Waals surface area contributed by atoms with Crippen molar-refractivity contribution in [3.05, 3.63) is 59.7 Å². The lowest BCUT2D eigenvalue weighted by Crippen LogP contribution is -2.41. The van der Waals surface area contributed by atoms with Crippen LogP contribution in [0.3, 0.4) is 0 Å². The van der Waals surface area contributed by atoms with Gasteiger partial charge in [-0.15, -0.1) is 0 Å². The zero-order valence-corrected chi connectivity index (χ0v) is 24.5. The number of rotatable bonds is 16. The number of methoxy groups -OCH3 is 3. The summed E-state index contributed by atoms with van der Waals surface area (Å²) in [6, 6.07) is 16.3. The van der Waals surface area contributed by atoms with Gasteiger partial charge in [0, 0.05) is 66.5 Å². The third-order valence-corrected chi connectivity index (χ3v) is 7.49. The predicted molar refractivity (Wildman–Crippen MR) is 154 cm³/mol. The minimum atomic E-state index is -0.586. The van der Waals surface area contributed by atoms with Gasteiger partial charge in [-0.3, -0.25) is 9.69 Å². The molecular formula is C31H47N3O5. The summed E-state index contributed by atoms with van der Waals surface area (Å²) in [6.45, 7) is 10.0. The van der Waals surface area contributed by atoms with E-state index in [1.807, 2.05) is 48.3 Å². The normalized spacial score (nSPS) is 17.9. The summed E-state index contributed by atoms with van der Waals surface area (Å²) in [5, 5.41) is 3.56. The van der Waals surface area contributed by atoms with Crippen LogP contribution in [0.4, 0.5) is 0 Å². The highest BCUT2D eigenvalue weighted by molar-refractivity contribution is 5.82. The average molecular weight is 542 g/mol. The van der Waals surface area contributed by atoms with Gasteiger partial charge in [0.2, 0.25) is 0 Å². The fourth-order valence-corrected chi connectivity index (χ4v) is 5.18. The van der Waals surface area contributed by atoms with Crippen molar-refractivity contribution in [1.29, 1.82) is 0 Å². The Balaban J connectivity index is 1.63. The van der Waals surface area contributed by atoms with Crippen LogP contribution in [0.2, 0.25) is 0 Å². The Morgan fingerprint density at radius 1 is 0.974 bits per heavy atom. The van der Waals surface area contributed by atoms with Crippen LogP contribution in [-0.2, 0) is 20.8 Å². The van der Waals surface area contributed by atoms with Crippen LogP contribution in [0.1, 0.15) is 37.5 Å². The van der Waals surface area contributed by atoms with E-state index >= 15 is 0 Å². The number of benzene rings is 2. The lowest BCUT2D eigenvalue weighted by Gasteiger charge is -2.33. The standard InChI is InChI=1S/C31H47N3O5/c1-23(2)34(20-24-13-14-28(37-5)29(17-24)39-16-10-15-36-4)22-27-19-32-18-26(27)21-33(3)31(35)30(38-6)25-11-8-7-9-12-25/h7-9,11-14,17,23,26-27,30,32H,10,15-16,18-22H2,1-6H3/t26-,27-,30-/m0/s1. The van der Waals surface area contributed by atoms with Gasteiger partial charge in [-0.25, -0.2) is 0 Å². The molecule has 3 atom stereocenters. The molecule has 0 unspecified atom stereocenters. The number of amides is 1. The summed E-state index contributed by atoms with van der Waals surface area (Å²) in [5.74, 6) is 2.30. The molecule has 0 saturated carbocycles. The van der Waals surface area contributed by atoms with Gasteiger partial charge in [-0.2, -0.15) is 0 Å². The van der Waals surface area contributed by atoms with E-state index in [0.717, 1.165) is 49.7 Å². The summed E-state index contributed by atoms with van der Waals surface area (Å²) in [6.07, 6.45) is 0.239. The number of nitrogens with one attached hydrogen (secondary N) is 1. The fraction of sp³-hybridized carbons (Fsp3) is 0.581. The third kappa shape index (κ3) is 8.93. The Kier molecular flexibility index (Phi) is 12.5. The van der Waals surface area contributed by atoms with E-state index in [2.05, 4.69) is 36.2 Å². The van der Waals surface area contributed by atoms with E-state index in [4.69, 9.17) is 18.9 Å². The first kappa shape index (κ1) is 30.9. The largest absolute Gasteiger partial charge is 0.493 e. The summed E-state index contributed by atoms with van der Waals surface area (Å²) in [5.41, 5.74) is 2.07. The zero-order valence-electron chi connectivity index (χ0n) is 24.5. The van der Waals surface area contributed by atoms with Gasteiger partial charge in [-0.05, 0) is 55.5 Å². The summed E-state index contributed by atoms with van der Waals surface area (Å²) < 4.78 is 22.3. The van der Waals surface area contributed by atoms with Crippen molar-refractivity contribution in [3.8, 4) is 11.5 Å². The van der Waals surface area contributed by atoms with Crippen LogP contribution in [0.5, 0.6) is 11.5 Å². The topological polar surface area (TPSA) is 72.5 Å². The highest BCUT2D eigenvalue weighted by atomic mass is 16.5. The first-order valence-electron chi connectivity index (χ1n) is 13.9. The average Bonchev–Trinajstić information content (AvgIpc) is 3.38. The van der Waals surface area contributed by atoms with Crippen LogP contribution in [0.25, 0.3) is 0 Å². The predicted octanol–water partition coefficient (Wildman–Crippen LogP) is 4.00. The zero-order chi connectivity index (χ0) is 28.2. The fourth-order valence-electron chi connectivity index (χ4n) is 5.18. The number of nitrogens with zero attached hydrogens (tertiary/aromatic N) is 2. The molecule has 216 valence electrons. The van der Waals surface area contributed by atoms with E-state index in [1.54, 1.807) is 21.3 Å². The Morgan fingerprint density at radius 2 is 1.69 bits per heavy atom. The molecule has 2 aromatic carbocycles. The minimum Gasteiger partial charge on any atom is -0.493 e.